The van der Waals surface area contributed by atoms with Gasteiger partial charge in [-0.25, -0.2) is 0 Å². The van der Waals surface area contributed by atoms with Gasteiger partial charge < -0.3 is 20.5 Å². The minimum absolute atomic E-state index is 0.0680. The van der Waals surface area contributed by atoms with E-state index < -0.39 is 6.10 Å². The summed E-state index contributed by atoms with van der Waals surface area (Å²) in [5.41, 5.74) is 1.03. The number of hydrogen-bond donors (Lipinski definition) is 3. The molecule has 3 atom stereocenters. The number of rotatable bonds is 5. The number of carbonyl (C=O) groups is 1. The highest BCUT2D eigenvalue weighted by Crippen LogP contribution is 2.19. The number of ether oxygens (including phenoxy) is 1. The van der Waals surface area contributed by atoms with Crippen LogP contribution in [0.4, 0.5) is 0 Å². The zero-order valence-corrected chi connectivity index (χ0v) is 12.8. The average Bonchev–Trinajstić information content (AvgIpc) is 2.85. The molecular formula is C16H24N2O3. The molecule has 0 radical (unpaired) electrons. The van der Waals surface area contributed by atoms with Crippen molar-refractivity contribution >= 4 is 5.91 Å². The first kappa shape index (κ1) is 15.8. The fourth-order valence-corrected chi connectivity index (χ4v) is 2.42. The second kappa shape index (κ2) is 6.91. The predicted octanol–water partition coefficient (Wildman–Crippen LogP) is 1.37. The van der Waals surface area contributed by atoms with Crippen molar-refractivity contribution in [3.8, 4) is 5.75 Å². The van der Waals surface area contributed by atoms with Crippen molar-refractivity contribution in [3.05, 3.63) is 29.8 Å². The Morgan fingerprint density at radius 1 is 1.33 bits per heavy atom. The molecule has 0 aromatic heterocycles. The van der Waals surface area contributed by atoms with Crippen molar-refractivity contribution in [1.29, 1.82) is 0 Å². The summed E-state index contributed by atoms with van der Waals surface area (Å²) in [6, 6.07) is 7.36. The van der Waals surface area contributed by atoms with Crippen molar-refractivity contribution in [2.24, 2.45) is 0 Å². The zero-order chi connectivity index (χ0) is 15.4. The van der Waals surface area contributed by atoms with Crippen LogP contribution in [0, 0.1) is 0 Å². The normalized spacial score (nSPS) is 23.1. The number of hydrogen-bond acceptors (Lipinski definition) is 4. The maximum absolute atomic E-state index is 12.1. The summed E-state index contributed by atoms with van der Waals surface area (Å²) in [4.78, 5) is 12.1. The van der Waals surface area contributed by atoms with Gasteiger partial charge in [0, 0.05) is 6.54 Å². The largest absolute Gasteiger partial charge is 0.491 e. The monoisotopic (exact) mass is 292 g/mol. The molecule has 0 saturated carbocycles. The van der Waals surface area contributed by atoms with Gasteiger partial charge in [0.15, 0.2) is 0 Å². The smallest absolute Gasteiger partial charge is 0.237 e. The van der Waals surface area contributed by atoms with E-state index in [9.17, 15) is 9.90 Å². The summed E-state index contributed by atoms with van der Waals surface area (Å²) in [5.74, 6) is 0.759. The molecule has 1 saturated heterocycles. The summed E-state index contributed by atoms with van der Waals surface area (Å²) in [5, 5.41) is 15.4. The second-order valence-electron chi connectivity index (χ2n) is 5.82. The molecule has 1 aliphatic rings. The van der Waals surface area contributed by atoms with Gasteiger partial charge in [-0.3, -0.25) is 4.79 Å². The van der Waals surface area contributed by atoms with Crippen LogP contribution in [0.3, 0.4) is 0 Å². The molecule has 3 N–H and O–H groups in total. The van der Waals surface area contributed by atoms with E-state index in [-0.39, 0.29) is 24.1 Å². The Morgan fingerprint density at radius 2 is 2.00 bits per heavy atom. The molecule has 0 bridgehead atoms. The van der Waals surface area contributed by atoms with Crippen LogP contribution in [0.1, 0.15) is 38.8 Å². The van der Waals surface area contributed by atoms with Crippen molar-refractivity contribution < 1.29 is 14.6 Å². The fraction of sp³-hybridized carbons (Fsp3) is 0.562. The summed E-state index contributed by atoms with van der Waals surface area (Å²) in [6.45, 7) is 6.40. The Kier molecular flexibility index (Phi) is 5.20. The van der Waals surface area contributed by atoms with Crippen LogP contribution in [-0.4, -0.2) is 35.8 Å². The number of benzene rings is 1. The van der Waals surface area contributed by atoms with Gasteiger partial charge in [-0.2, -0.15) is 0 Å². The Balaban J connectivity index is 1.90. The SMILES string of the molecule is CC(C)Oc1ccc([C@H](C)NC(=O)[C@H]2C[C@@H](O)CN2)cc1. The quantitative estimate of drug-likeness (QED) is 0.766. The second-order valence-corrected chi connectivity index (χ2v) is 5.82. The van der Waals surface area contributed by atoms with Crippen LogP contribution in [0.15, 0.2) is 24.3 Å². The summed E-state index contributed by atoms with van der Waals surface area (Å²) < 4.78 is 5.60. The van der Waals surface area contributed by atoms with E-state index in [4.69, 9.17) is 4.74 Å². The highest BCUT2D eigenvalue weighted by Gasteiger charge is 2.28. The Hall–Kier alpha value is -1.59. The molecule has 0 unspecified atom stereocenters. The van der Waals surface area contributed by atoms with Crippen LogP contribution in [0.5, 0.6) is 5.75 Å². The van der Waals surface area contributed by atoms with Crippen molar-refractivity contribution in [1.82, 2.24) is 10.6 Å². The van der Waals surface area contributed by atoms with Gasteiger partial charge in [-0.1, -0.05) is 12.1 Å². The molecule has 1 aliphatic heterocycles. The lowest BCUT2D eigenvalue weighted by atomic mass is 10.1. The van der Waals surface area contributed by atoms with Crippen LogP contribution >= 0.6 is 0 Å². The summed E-state index contributed by atoms with van der Waals surface area (Å²) >= 11 is 0. The highest BCUT2D eigenvalue weighted by atomic mass is 16.5. The predicted molar refractivity (Wildman–Crippen MR) is 81.2 cm³/mol. The van der Waals surface area contributed by atoms with E-state index >= 15 is 0 Å². The van der Waals surface area contributed by atoms with E-state index in [1.165, 1.54) is 0 Å². The molecule has 1 aromatic carbocycles. The first-order valence-electron chi connectivity index (χ1n) is 7.44. The molecule has 1 fully saturated rings. The third kappa shape index (κ3) is 4.44. The average molecular weight is 292 g/mol. The van der Waals surface area contributed by atoms with Crippen molar-refractivity contribution in [3.63, 3.8) is 0 Å². The Morgan fingerprint density at radius 3 is 2.52 bits per heavy atom. The molecule has 5 heteroatoms. The number of carbonyl (C=O) groups excluding carboxylic acids is 1. The maximum Gasteiger partial charge on any atom is 0.237 e. The number of aliphatic hydroxyl groups is 1. The lowest BCUT2D eigenvalue weighted by molar-refractivity contribution is -0.123. The molecule has 1 amide bonds. The summed E-state index contributed by atoms with van der Waals surface area (Å²) in [6.07, 6.45) is 0.191. The van der Waals surface area contributed by atoms with E-state index in [2.05, 4.69) is 10.6 Å². The first-order chi connectivity index (χ1) is 9.95. The van der Waals surface area contributed by atoms with Gasteiger partial charge in [-0.05, 0) is 44.9 Å². The third-order valence-electron chi connectivity index (χ3n) is 3.53. The molecule has 2 rings (SSSR count). The lowest BCUT2D eigenvalue weighted by Gasteiger charge is -2.18. The van der Waals surface area contributed by atoms with Crippen LogP contribution in [-0.2, 0) is 4.79 Å². The van der Waals surface area contributed by atoms with Crippen LogP contribution in [0.2, 0.25) is 0 Å². The minimum atomic E-state index is -0.427. The molecule has 1 heterocycles. The lowest BCUT2D eigenvalue weighted by Crippen LogP contribution is -2.41. The van der Waals surface area contributed by atoms with E-state index in [0.29, 0.717) is 13.0 Å². The zero-order valence-electron chi connectivity index (χ0n) is 12.8. The van der Waals surface area contributed by atoms with Gasteiger partial charge >= 0.3 is 0 Å². The van der Waals surface area contributed by atoms with Crippen molar-refractivity contribution in [2.45, 2.75) is 51.5 Å². The Bertz CT molecular complexity index is 473. The third-order valence-corrected chi connectivity index (χ3v) is 3.53. The van der Waals surface area contributed by atoms with Crippen molar-refractivity contribution in [2.75, 3.05) is 6.54 Å². The molecule has 1 aromatic rings. The first-order valence-corrected chi connectivity index (χ1v) is 7.44. The van der Waals surface area contributed by atoms with Gasteiger partial charge in [0.2, 0.25) is 5.91 Å². The molecule has 0 aliphatic carbocycles. The minimum Gasteiger partial charge on any atom is -0.491 e. The molecule has 116 valence electrons. The van der Waals surface area contributed by atoms with Gasteiger partial charge in [0.25, 0.3) is 0 Å². The standard InChI is InChI=1S/C16H24N2O3/c1-10(2)21-14-6-4-12(5-7-14)11(3)18-16(20)15-8-13(19)9-17-15/h4-7,10-11,13,15,17,19H,8-9H2,1-3H3,(H,18,20)/t11-,13+,15+/m0/s1. The topological polar surface area (TPSA) is 70.6 Å². The number of nitrogens with one attached hydrogen (secondary N) is 2. The molecule has 21 heavy (non-hydrogen) atoms. The highest BCUT2D eigenvalue weighted by molar-refractivity contribution is 5.82. The molecule has 5 nitrogen and oxygen atoms in total. The van der Waals surface area contributed by atoms with Crippen LogP contribution in [0.25, 0.3) is 0 Å². The van der Waals surface area contributed by atoms with Crippen LogP contribution < -0.4 is 15.4 Å². The van der Waals surface area contributed by atoms with E-state index in [0.717, 1.165) is 11.3 Å². The van der Waals surface area contributed by atoms with Gasteiger partial charge in [0.1, 0.15) is 5.75 Å². The Labute approximate surface area is 125 Å². The fourth-order valence-electron chi connectivity index (χ4n) is 2.42. The van der Waals surface area contributed by atoms with E-state index in [1.807, 2.05) is 45.0 Å². The van der Waals surface area contributed by atoms with Gasteiger partial charge in [0.05, 0.1) is 24.3 Å². The summed E-state index contributed by atoms with van der Waals surface area (Å²) in [7, 11) is 0. The van der Waals surface area contributed by atoms with Gasteiger partial charge in [-0.15, -0.1) is 0 Å². The number of β-amino-alcohol motifs (C(OH)–C–C–N with tert-alkyl or cyclic N) is 1. The number of amides is 1. The molecule has 0 spiro atoms. The number of aliphatic hydroxyl groups excluding tert-OH is 1. The van der Waals surface area contributed by atoms with E-state index in [1.54, 1.807) is 0 Å². The maximum atomic E-state index is 12.1. The molecular weight excluding hydrogens is 268 g/mol.